The van der Waals surface area contributed by atoms with Crippen LogP contribution in [0.15, 0.2) is 53.4 Å². The van der Waals surface area contributed by atoms with Gasteiger partial charge in [0.15, 0.2) is 5.15 Å². The Morgan fingerprint density at radius 2 is 1.80 bits per heavy atom. The normalized spacial score (nSPS) is 11.7. The second-order valence-corrected chi connectivity index (χ2v) is 6.58. The summed E-state index contributed by atoms with van der Waals surface area (Å²) in [5, 5.41) is 5.03. The minimum absolute atomic E-state index is 0. The Balaban J connectivity index is 0.00000225. The largest absolute Gasteiger partial charge is 1.00 e. The first-order valence-electron chi connectivity index (χ1n) is 6.79. The molecule has 0 spiro atoms. The Labute approximate surface area is 179 Å². The van der Waals surface area contributed by atoms with E-state index in [0.29, 0.717) is 27.3 Å². The van der Waals surface area contributed by atoms with Gasteiger partial charge >= 0.3 is 29.6 Å². The predicted octanol–water partition coefficient (Wildman–Crippen LogP) is 1.10. The summed E-state index contributed by atoms with van der Waals surface area (Å²) in [5.74, 6) is 0.558. The molecule has 9 heteroatoms. The van der Waals surface area contributed by atoms with Crippen LogP contribution in [-0.4, -0.2) is 25.7 Å². The molecule has 1 aromatic heterocycles. The fraction of sp³-hybridized carbons (Fsp3) is 0.0625. The van der Waals surface area contributed by atoms with Crippen LogP contribution in [0.3, 0.4) is 0 Å². The fourth-order valence-corrected chi connectivity index (χ4v) is 3.07. The molecule has 0 aliphatic rings. The van der Waals surface area contributed by atoms with Crippen molar-refractivity contribution in [1.82, 2.24) is 9.78 Å². The topological polar surface area (TPSA) is 67.2 Å². The first-order valence-corrected chi connectivity index (χ1v) is 8.62. The molecule has 1 heterocycles. The minimum Gasteiger partial charge on any atom is -0.768 e. The van der Waals surface area contributed by atoms with E-state index in [9.17, 15) is 8.76 Å². The number of halogens is 2. The van der Waals surface area contributed by atoms with E-state index in [1.165, 1.54) is 12.1 Å². The molecule has 0 radical (unpaired) electrons. The van der Waals surface area contributed by atoms with Crippen LogP contribution in [-0.2, 0) is 11.1 Å². The fourth-order valence-electron chi connectivity index (χ4n) is 2.28. The summed E-state index contributed by atoms with van der Waals surface area (Å²) in [4.78, 5) is 0.211. The number of hydrogen-bond donors (Lipinski definition) is 0. The first-order chi connectivity index (χ1) is 11.5. The third kappa shape index (κ3) is 4.46. The third-order valence-corrected chi connectivity index (χ3v) is 4.54. The van der Waals surface area contributed by atoms with Crippen LogP contribution in [0, 0.1) is 0 Å². The van der Waals surface area contributed by atoms with Crippen LogP contribution in [0.2, 0.25) is 10.2 Å². The molecule has 3 rings (SSSR count). The molecule has 2 aromatic carbocycles. The molecule has 0 N–H and O–H groups in total. The van der Waals surface area contributed by atoms with Crippen molar-refractivity contribution in [2.24, 2.45) is 0 Å². The Hall–Kier alpha value is -0.860. The number of methoxy groups -OCH3 is 1. The van der Waals surface area contributed by atoms with E-state index in [-0.39, 0.29) is 34.5 Å². The van der Waals surface area contributed by atoms with Crippen LogP contribution in [0.25, 0.3) is 16.9 Å². The van der Waals surface area contributed by atoms with Gasteiger partial charge in [0.2, 0.25) is 0 Å². The second kappa shape index (κ2) is 8.68. The SMILES string of the molecule is COc1ccc(-n2nc(Cl)cc2-c2ccc(S(=O)[O-])cc2)cc1Cl.[Na+]. The predicted molar refractivity (Wildman–Crippen MR) is 92.8 cm³/mol. The maximum Gasteiger partial charge on any atom is 1.00 e. The minimum atomic E-state index is -2.27. The maximum absolute atomic E-state index is 11.0. The zero-order chi connectivity index (χ0) is 17.3. The first kappa shape index (κ1) is 20.5. The molecule has 0 saturated heterocycles. The Kier molecular flexibility index (Phi) is 7.10. The summed E-state index contributed by atoms with van der Waals surface area (Å²) in [7, 11) is 1.54. The van der Waals surface area contributed by atoms with E-state index in [1.807, 2.05) is 0 Å². The number of ether oxygens (including phenoxy) is 1. The van der Waals surface area contributed by atoms with E-state index < -0.39 is 11.1 Å². The van der Waals surface area contributed by atoms with Gasteiger partial charge in [0.1, 0.15) is 5.75 Å². The van der Waals surface area contributed by atoms with Crippen molar-refractivity contribution in [3.05, 3.63) is 58.7 Å². The molecule has 124 valence electrons. The van der Waals surface area contributed by atoms with Crippen molar-refractivity contribution in [3.63, 3.8) is 0 Å². The van der Waals surface area contributed by atoms with Crippen LogP contribution >= 0.6 is 23.2 Å². The molecule has 25 heavy (non-hydrogen) atoms. The average Bonchev–Trinajstić information content (AvgIpc) is 2.96. The van der Waals surface area contributed by atoms with Gasteiger partial charge in [-0.25, -0.2) is 4.68 Å². The molecular formula is C16H11Cl2N2NaO3S. The number of nitrogens with zero attached hydrogens (tertiary/aromatic N) is 2. The summed E-state index contributed by atoms with van der Waals surface area (Å²) >= 11 is 9.96. The van der Waals surface area contributed by atoms with Crippen molar-refractivity contribution in [2.45, 2.75) is 4.90 Å². The number of aromatic nitrogens is 2. The van der Waals surface area contributed by atoms with Crippen LogP contribution in [0.4, 0.5) is 0 Å². The molecule has 0 aliphatic heterocycles. The molecular weight excluding hydrogens is 394 g/mol. The molecule has 1 atom stereocenters. The number of benzene rings is 2. The van der Waals surface area contributed by atoms with Gasteiger partial charge in [0.25, 0.3) is 0 Å². The molecule has 0 aliphatic carbocycles. The molecule has 0 fully saturated rings. The Bertz CT molecular complexity index is 916. The van der Waals surface area contributed by atoms with Gasteiger partial charge in [-0.3, -0.25) is 4.21 Å². The van der Waals surface area contributed by atoms with E-state index in [0.717, 1.165) is 5.56 Å². The number of rotatable bonds is 4. The van der Waals surface area contributed by atoms with Gasteiger partial charge in [0, 0.05) is 16.5 Å². The van der Waals surface area contributed by atoms with E-state index in [1.54, 1.807) is 48.2 Å². The zero-order valence-electron chi connectivity index (χ0n) is 13.4. The zero-order valence-corrected chi connectivity index (χ0v) is 17.7. The Morgan fingerprint density at radius 1 is 1.12 bits per heavy atom. The van der Waals surface area contributed by atoms with Crippen molar-refractivity contribution in [1.29, 1.82) is 0 Å². The van der Waals surface area contributed by atoms with E-state index >= 15 is 0 Å². The summed E-state index contributed by atoms with van der Waals surface area (Å²) in [6.45, 7) is 0. The molecule has 0 amide bonds. The van der Waals surface area contributed by atoms with Gasteiger partial charge < -0.3 is 9.29 Å². The average molecular weight is 405 g/mol. The molecule has 0 saturated carbocycles. The van der Waals surface area contributed by atoms with Crippen LogP contribution < -0.4 is 34.3 Å². The number of hydrogen-bond acceptors (Lipinski definition) is 4. The third-order valence-electron chi connectivity index (χ3n) is 3.40. The van der Waals surface area contributed by atoms with Gasteiger partial charge in [-0.2, -0.15) is 5.10 Å². The van der Waals surface area contributed by atoms with Gasteiger partial charge in [-0.05, 0) is 41.4 Å². The van der Waals surface area contributed by atoms with Crippen molar-refractivity contribution < 1.29 is 43.1 Å². The van der Waals surface area contributed by atoms with Gasteiger partial charge in [-0.1, -0.05) is 35.3 Å². The van der Waals surface area contributed by atoms with E-state index in [4.69, 9.17) is 27.9 Å². The smallest absolute Gasteiger partial charge is 0.768 e. The maximum atomic E-state index is 11.0. The van der Waals surface area contributed by atoms with Crippen molar-refractivity contribution in [3.8, 4) is 22.7 Å². The van der Waals surface area contributed by atoms with Gasteiger partial charge in [-0.15, -0.1) is 0 Å². The molecule has 1 unspecified atom stereocenters. The van der Waals surface area contributed by atoms with Crippen LogP contribution in [0.5, 0.6) is 5.75 Å². The molecule has 0 bridgehead atoms. The summed E-state index contributed by atoms with van der Waals surface area (Å²) in [5.41, 5.74) is 2.19. The van der Waals surface area contributed by atoms with Crippen LogP contribution in [0.1, 0.15) is 0 Å². The van der Waals surface area contributed by atoms with E-state index in [2.05, 4.69) is 5.10 Å². The molecule has 3 aromatic rings. The quantitative estimate of drug-likeness (QED) is 0.482. The molecule has 5 nitrogen and oxygen atoms in total. The standard InChI is InChI=1S/C16H12Cl2N2O3S.Na/c1-23-15-7-4-11(8-13(15)17)20-14(9-16(18)19-20)10-2-5-12(6-3-10)24(21)22;/h2-9H,1H3,(H,21,22);/q;+1/p-1. The summed E-state index contributed by atoms with van der Waals surface area (Å²) in [6, 6.07) is 13.4. The van der Waals surface area contributed by atoms with Crippen molar-refractivity contribution >= 4 is 34.3 Å². The Morgan fingerprint density at radius 3 is 2.36 bits per heavy atom. The van der Waals surface area contributed by atoms with Gasteiger partial charge in [0.05, 0.1) is 23.5 Å². The second-order valence-electron chi connectivity index (χ2n) is 4.84. The van der Waals surface area contributed by atoms with Crippen molar-refractivity contribution in [2.75, 3.05) is 7.11 Å². The summed E-state index contributed by atoms with van der Waals surface area (Å²) in [6.07, 6.45) is 0. The monoisotopic (exact) mass is 404 g/mol. The summed E-state index contributed by atoms with van der Waals surface area (Å²) < 4.78 is 28.7.